The molecule has 1 aromatic carbocycles. The summed E-state index contributed by atoms with van der Waals surface area (Å²) in [5, 5.41) is 0.483. The predicted molar refractivity (Wildman–Crippen MR) is 83.9 cm³/mol. The lowest BCUT2D eigenvalue weighted by atomic mass is 10.1. The molecule has 6 nitrogen and oxygen atoms in total. The Morgan fingerprint density at radius 2 is 2.09 bits per heavy atom. The van der Waals surface area contributed by atoms with Crippen molar-refractivity contribution < 1.29 is 13.2 Å². The average Bonchev–Trinajstić information content (AvgIpc) is 3.18. The quantitative estimate of drug-likeness (QED) is 0.827. The average molecular weight is 322 g/mol. The maximum Gasteiger partial charge on any atom is 0.261 e. The van der Waals surface area contributed by atoms with Crippen LogP contribution in [0.4, 0.5) is 0 Å². The van der Waals surface area contributed by atoms with E-state index in [1.165, 1.54) is 24.3 Å². The van der Waals surface area contributed by atoms with Crippen LogP contribution in [-0.2, 0) is 16.4 Å². The van der Waals surface area contributed by atoms with Gasteiger partial charge in [0, 0.05) is 18.2 Å². The van der Waals surface area contributed by atoms with Crippen molar-refractivity contribution in [3.8, 4) is 5.75 Å². The van der Waals surface area contributed by atoms with Crippen LogP contribution in [0.1, 0.15) is 12.8 Å². The monoisotopic (exact) mass is 322 g/mol. The van der Waals surface area contributed by atoms with Gasteiger partial charge in [0.25, 0.3) is 5.56 Å². The topological polar surface area (TPSA) is 78.3 Å². The van der Waals surface area contributed by atoms with Gasteiger partial charge in [0.2, 0.25) is 0 Å². The van der Waals surface area contributed by atoms with Crippen LogP contribution >= 0.6 is 0 Å². The molecule has 0 unspecified atom stereocenters. The largest absolute Gasteiger partial charge is 0.494 e. The van der Waals surface area contributed by atoms with E-state index in [1.54, 1.807) is 18.2 Å². The van der Waals surface area contributed by atoms with E-state index >= 15 is 0 Å². The van der Waals surface area contributed by atoms with Crippen molar-refractivity contribution in [2.24, 2.45) is 5.41 Å². The lowest BCUT2D eigenvalue weighted by Crippen LogP contribution is -2.28. The summed E-state index contributed by atoms with van der Waals surface area (Å²) < 4.78 is 29.8. The van der Waals surface area contributed by atoms with Crippen LogP contribution in [0, 0.1) is 5.41 Å². The van der Waals surface area contributed by atoms with Gasteiger partial charge in [-0.15, -0.1) is 0 Å². The van der Waals surface area contributed by atoms with Gasteiger partial charge in [-0.05, 0) is 25.0 Å². The highest BCUT2D eigenvalue weighted by atomic mass is 32.2. The lowest BCUT2D eigenvalue weighted by molar-refractivity contribution is 0.418. The standard InChI is InChI=1S/C15H18N2O4S/c1-21-12-5-3-4-11-13(12)16-10-17(14(11)18)8-15(6-7-15)9-22(2,19)20/h3-5,10H,6-9H2,1-2H3. The first-order valence-electron chi connectivity index (χ1n) is 7.03. The number of para-hydroxylation sites is 1. The fourth-order valence-electron chi connectivity index (χ4n) is 2.88. The third kappa shape index (κ3) is 2.85. The highest BCUT2D eigenvalue weighted by molar-refractivity contribution is 7.90. The van der Waals surface area contributed by atoms with Crippen LogP contribution < -0.4 is 10.3 Å². The number of methoxy groups -OCH3 is 1. The molecule has 1 aliphatic carbocycles. The lowest BCUT2D eigenvalue weighted by Gasteiger charge is -2.16. The summed E-state index contributed by atoms with van der Waals surface area (Å²) in [4.78, 5) is 16.9. The summed E-state index contributed by atoms with van der Waals surface area (Å²) in [7, 11) is -1.53. The first-order valence-corrected chi connectivity index (χ1v) is 9.10. The third-order valence-corrected chi connectivity index (χ3v) is 5.20. The first kappa shape index (κ1) is 15.0. The van der Waals surface area contributed by atoms with Crippen LogP contribution in [0.3, 0.4) is 0 Å². The second-order valence-electron chi connectivity index (χ2n) is 6.10. The molecule has 0 atom stereocenters. The molecule has 0 N–H and O–H groups in total. The summed E-state index contributed by atoms with van der Waals surface area (Å²) in [5.74, 6) is 0.668. The van der Waals surface area contributed by atoms with Crippen molar-refractivity contribution in [1.82, 2.24) is 9.55 Å². The Kier molecular flexibility index (Phi) is 3.47. The number of fused-ring (bicyclic) bond motifs is 1. The maximum atomic E-state index is 12.6. The molecule has 3 rings (SSSR count). The molecule has 1 saturated carbocycles. The fourth-order valence-corrected chi connectivity index (χ4v) is 4.37. The normalized spacial score (nSPS) is 16.6. The van der Waals surface area contributed by atoms with E-state index < -0.39 is 9.84 Å². The molecule has 22 heavy (non-hydrogen) atoms. The Hall–Kier alpha value is -1.89. The number of hydrogen-bond donors (Lipinski definition) is 0. The first-order chi connectivity index (χ1) is 10.3. The number of hydrogen-bond acceptors (Lipinski definition) is 5. The molecular formula is C15H18N2O4S. The molecule has 0 spiro atoms. The minimum Gasteiger partial charge on any atom is -0.494 e. The zero-order chi connectivity index (χ0) is 16.0. The van der Waals surface area contributed by atoms with E-state index in [9.17, 15) is 13.2 Å². The Morgan fingerprint density at radius 3 is 2.68 bits per heavy atom. The number of aromatic nitrogens is 2. The summed E-state index contributed by atoms with van der Waals surface area (Å²) >= 11 is 0. The smallest absolute Gasteiger partial charge is 0.261 e. The molecule has 2 aromatic rings. The van der Waals surface area contributed by atoms with Crippen LogP contribution in [-0.4, -0.2) is 37.1 Å². The third-order valence-electron chi connectivity index (χ3n) is 4.07. The fraction of sp³-hybridized carbons (Fsp3) is 0.467. The zero-order valence-electron chi connectivity index (χ0n) is 12.6. The molecule has 1 aliphatic rings. The van der Waals surface area contributed by atoms with Crippen LogP contribution in [0.5, 0.6) is 5.75 Å². The SMILES string of the molecule is COc1cccc2c(=O)n(CC3(CS(C)(=O)=O)CC3)cnc12. The summed E-state index contributed by atoms with van der Waals surface area (Å²) in [5.41, 5.74) is 0.0499. The summed E-state index contributed by atoms with van der Waals surface area (Å²) in [6, 6.07) is 5.21. The molecule has 1 fully saturated rings. The molecule has 0 amide bonds. The maximum absolute atomic E-state index is 12.6. The Balaban J connectivity index is 2.00. The second kappa shape index (κ2) is 5.08. The van der Waals surface area contributed by atoms with Crippen molar-refractivity contribution in [3.05, 3.63) is 34.9 Å². The number of ether oxygens (including phenoxy) is 1. The van der Waals surface area contributed by atoms with Gasteiger partial charge in [-0.2, -0.15) is 0 Å². The van der Waals surface area contributed by atoms with Crippen molar-refractivity contribution in [3.63, 3.8) is 0 Å². The Labute approximate surface area is 128 Å². The van der Waals surface area contributed by atoms with Crippen LogP contribution in [0.2, 0.25) is 0 Å². The minimum absolute atomic E-state index is 0.114. The molecule has 7 heteroatoms. The Morgan fingerprint density at radius 1 is 1.36 bits per heavy atom. The zero-order valence-corrected chi connectivity index (χ0v) is 13.4. The van der Waals surface area contributed by atoms with Gasteiger partial charge in [0.1, 0.15) is 21.1 Å². The van der Waals surface area contributed by atoms with E-state index in [0.717, 1.165) is 12.8 Å². The molecular weight excluding hydrogens is 304 g/mol. The predicted octanol–water partition coefficient (Wildman–Crippen LogP) is 1.23. The second-order valence-corrected chi connectivity index (χ2v) is 8.24. The number of nitrogens with zero attached hydrogens (tertiary/aromatic N) is 2. The van der Waals surface area contributed by atoms with E-state index in [1.807, 2.05) is 0 Å². The highest BCUT2D eigenvalue weighted by Crippen LogP contribution is 2.47. The summed E-state index contributed by atoms with van der Waals surface area (Å²) in [6.07, 6.45) is 4.36. The number of benzene rings is 1. The van der Waals surface area contributed by atoms with E-state index in [2.05, 4.69) is 4.98 Å². The molecule has 118 valence electrons. The van der Waals surface area contributed by atoms with Gasteiger partial charge >= 0.3 is 0 Å². The van der Waals surface area contributed by atoms with Gasteiger partial charge in [0.15, 0.2) is 0 Å². The van der Waals surface area contributed by atoms with Gasteiger partial charge < -0.3 is 4.74 Å². The number of sulfone groups is 1. The molecule has 0 radical (unpaired) electrons. The van der Waals surface area contributed by atoms with Gasteiger partial charge in [-0.3, -0.25) is 9.36 Å². The molecule has 0 saturated heterocycles. The summed E-state index contributed by atoms with van der Waals surface area (Å²) in [6.45, 7) is 0.388. The van der Waals surface area contributed by atoms with Gasteiger partial charge in [-0.25, -0.2) is 13.4 Å². The highest BCUT2D eigenvalue weighted by Gasteiger charge is 2.45. The van der Waals surface area contributed by atoms with Crippen LogP contribution in [0.25, 0.3) is 10.9 Å². The van der Waals surface area contributed by atoms with Gasteiger partial charge in [-0.1, -0.05) is 6.07 Å². The Bertz CT molecular complexity index is 882. The van der Waals surface area contributed by atoms with E-state index in [4.69, 9.17) is 4.74 Å². The molecule has 1 heterocycles. The van der Waals surface area contributed by atoms with Crippen molar-refractivity contribution in [1.29, 1.82) is 0 Å². The van der Waals surface area contributed by atoms with Crippen molar-refractivity contribution in [2.75, 3.05) is 19.1 Å². The van der Waals surface area contributed by atoms with Crippen LogP contribution in [0.15, 0.2) is 29.3 Å². The molecule has 0 aliphatic heterocycles. The van der Waals surface area contributed by atoms with Gasteiger partial charge in [0.05, 0.1) is 24.6 Å². The van der Waals surface area contributed by atoms with E-state index in [0.29, 0.717) is 23.2 Å². The van der Waals surface area contributed by atoms with Crippen molar-refractivity contribution in [2.45, 2.75) is 19.4 Å². The minimum atomic E-state index is -3.06. The van der Waals surface area contributed by atoms with Crippen molar-refractivity contribution >= 4 is 20.7 Å². The number of rotatable bonds is 5. The molecule has 1 aromatic heterocycles. The molecule has 0 bridgehead atoms. The van der Waals surface area contributed by atoms with E-state index in [-0.39, 0.29) is 16.7 Å².